The third kappa shape index (κ3) is 2.58. The average Bonchev–Trinajstić information content (AvgIpc) is 3.32. The molecule has 8 nitrogen and oxygen atoms in total. The van der Waals surface area contributed by atoms with Crippen molar-refractivity contribution in [1.82, 2.24) is 9.97 Å². The van der Waals surface area contributed by atoms with Gasteiger partial charge in [-0.2, -0.15) is 5.10 Å². The first-order valence-corrected chi connectivity index (χ1v) is 8.22. The van der Waals surface area contributed by atoms with Crippen molar-refractivity contribution in [3.63, 3.8) is 0 Å². The smallest absolute Gasteiger partial charge is 0.231 e. The molecule has 0 fully saturated rings. The summed E-state index contributed by atoms with van der Waals surface area (Å²) in [5.41, 5.74) is 5.75. The minimum absolute atomic E-state index is 0.176. The lowest BCUT2D eigenvalue weighted by Crippen LogP contribution is -1.95. The summed E-state index contributed by atoms with van der Waals surface area (Å²) in [4.78, 5) is 8.54. The van der Waals surface area contributed by atoms with Crippen LogP contribution in [0.5, 0.6) is 17.2 Å². The van der Waals surface area contributed by atoms with Crippen LogP contribution in [0.1, 0.15) is 5.56 Å². The largest absolute Gasteiger partial charge is 0.493 e. The van der Waals surface area contributed by atoms with Gasteiger partial charge in [0.15, 0.2) is 22.9 Å². The topological polar surface area (TPSA) is 91.0 Å². The molecule has 4 aromatic rings. The van der Waals surface area contributed by atoms with Crippen molar-refractivity contribution < 1.29 is 18.6 Å². The molecule has 0 bridgehead atoms. The van der Waals surface area contributed by atoms with Crippen LogP contribution < -0.4 is 19.6 Å². The van der Waals surface area contributed by atoms with Gasteiger partial charge in [-0.15, -0.1) is 0 Å². The van der Waals surface area contributed by atoms with Crippen molar-refractivity contribution in [3.05, 3.63) is 48.3 Å². The van der Waals surface area contributed by atoms with Crippen molar-refractivity contribution >= 4 is 34.1 Å². The lowest BCUT2D eigenvalue weighted by molar-refractivity contribution is 0.171. The number of hydrazone groups is 1. The number of methoxy groups -OCH3 is 1. The Kier molecular flexibility index (Phi) is 3.53. The van der Waals surface area contributed by atoms with E-state index in [0.717, 1.165) is 22.0 Å². The first-order chi connectivity index (χ1) is 13.3. The van der Waals surface area contributed by atoms with E-state index in [1.54, 1.807) is 13.3 Å². The molecule has 1 aliphatic rings. The standard InChI is InChI=1S/C19H14N4O4/c1-24-14-6-11(7-15-17(14)26-10-25-15)8-22-23-19-18-16(20-9-21-19)12-4-2-3-5-13(12)27-18/h2-9H,10H2,1H3,(H,20,21,23)/b22-8-. The molecule has 0 atom stereocenters. The SMILES string of the molecule is COc1cc(/C=N\Nc2ncnc3c2oc2ccccc23)cc2c1OCO2. The molecule has 0 spiro atoms. The lowest BCUT2D eigenvalue weighted by Gasteiger charge is -2.05. The molecule has 1 N–H and O–H groups in total. The number of ether oxygens (including phenoxy) is 3. The summed E-state index contributed by atoms with van der Waals surface area (Å²) in [6, 6.07) is 11.3. The summed E-state index contributed by atoms with van der Waals surface area (Å²) in [5, 5.41) is 5.19. The van der Waals surface area contributed by atoms with Crippen LogP contribution in [0.2, 0.25) is 0 Å². The fourth-order valence-electron chi connectivity index (χ4n) is 3.00. The highest BCUT2D eigenvalue weighted by Gasteiger charge is 2.19. The second-order valence-electron chi connectivity index (χ2n) is 5.83. The van der Waals surface area contributed by atoms with Crippen LogP contribution in [-0.4, -0.2) is 30.1 Å². The summed E-state index contributed by atoms with van der Waals surface area (Å²) in [6.45, 7) is 0.176. The van der Waals surface area contributed by atoms with E-state index in [1.807, 2.05) is 36.4 Å². The fourth-order valence-corrected chi connectivity index (χ4v) is 3.00. The van der Waals surface area contributed by atoms with E-state index in [2.05, 4.69) is 20.5 Å². The predicted octanol–water partition coefficient (Wildman–Crippen LogP) is 3.56. The molecule has 27 heavy (non-hydrogen) atoms. The normalized spacial score (nSPS) is 12.9. The Morgan fingerprint density at radius 3 is 3.04 bits per heavy atom. The van der Waals surface area contributed by atoms with E-state index < -0.39 is 0 Å². The van der Waals surface area contributed by atoms with Crippen molar-refractivity contribution in [2.24, 2.45) is 5.10 Å². The Bertz CT molecular complexity index is 1190. The second kappa shape index (κ2) is 6.17. The minimum Gasteiger partial charge on any atom is -0.493 e. The van der Waals surface area contributed by atoms with Gasteiger partial charge >= 0.3 is 0 Å². The Hall–Kier alpha value is -3.81. The Morgan fingerprint density at radius 2 is 2.11 bits per heavy atom. The number of fused-ring (bicyclic) bond motifs is 4. The van der Waals surface area contributed by atoms with E-state index in [-0.39, 0.29) is 6.79 Å². The van der Waals surface area contributed by atoms with Crippen molar-refractivity contribution in [2.45, 2.75) is 0 Å². The molecule has 0 radical (unpaired) electrons. The maximum atomic E-state index is 5.87. The molecule has 0 unspecified atom stereocenters. The predicted molar refractivity (Wildman–Crippen MR) is 99.6 cm³/mol. The Morgan fingerprint density at radius 1 is 1.19 bits per heavy atom. The second-order valence-corrected chi connectivity index (χ2v) is 5.83. The molecule has 3 heterocycles. The molecule has 1 aliphatic heterocycles. The number of rotatable bonds is 4. The van der Waals surface area contributed by atoms with Gasteiger partial charge < -0.3 is 18.6 Å². The third-order valence-corrected chi connectivity index (χ3v) is 4.22. The summed E-state index contributed by atoms with van der Waals surface area (Å²) in [7, 11) is 1.58. The molecule has 2 aromatic carbocycles. The molecular weight excluding hydrogens is 348 g/mol. The highest BCUT2D eigenvalue weighted by atomic mass is 16.7. The molecule has 5 rings (SSSR count). The number of anilines is 1. The van der Waals surface area contributed by atoms with Crippen LogP contribution in [-0.2, 0) is 0 Å². The van der Waals surface area contributed by atoms with E-state index in [1.165, 1.54) is 6.33 Å². The van der Waals surface area contributed by atoms with Gasteiger partial charge in [0.05, 0.1) is 13.3 Å². The molecule has 2 aromatic heterocycles. The number of benzene rings is 2. The van der Waals surface area contributed by atoms with Gasteiger partial charge in [-0.25, -0.2) is 9.97 Å². The van der Waals surface area contributed by atoms with Gasteiger partial charge in [0.25, 0.3) is 0 Å². The van der Waals surface area contributed by atoms with Gasteiger partial charge in [0.1, 0.15) is 17.4 Å². The van der Waals surface area contributed by atoms with Gasteiger partial charge in [0, 0.05) is 10.9 Å². The van der Waals surface area contributed by atoms with Crippen molar-refractivity contribution in [1.29, 1.82) is 0 Å². The number of nitrogens with zero attached hydrogens (tertiary/aromatic N) is 3. The summed E-state index contributed by atoms with van der Waals surface area (Å²) in [5.74, 6) is 2.30. The molecule has 0 saturated carbocycles. The molecule has 0 aliphatic carbocycles. The quantitative estimate of drug-likeness (QED) is 0.438. The summed E-state index contributed by atoms with van der Waals surface area (Å²) < 4.78 is 22.0. The first-order valence-electron chi connectivity index (χ1n) is 8.22. The minimum atomic E-state index is 0.176. The lowest BCUT2D eigenvalue weighted by atomic mass is 10.2. The monoisotopic (exact) mass is 362 g/mol. The molecule has 8 heteroatoms. The van der Waals surface area contributed by atoms with E-state index in [4.69, 9.17) is 18.6 Å². The zero-order valence-corrected chi connectivity index (χ0v) is 14.3. The first kappa shape index (κ1) is 15.4. The Labute approximate surface area is 153 Å². The zero-order chi connectivity index (χ0) is 18.2. The van der Waals surface area contributed by atoms with Crippen LogP contribution >= 0.6 is 0 Å². The highest BCUT2D eigenvalue weighted by Crippen LogP contribution is 2.41. The van der Waals surface area contributed by atoms with Crippen LogP contribution in [0.4, 0.5) is 5.82 Å². The zero-order valence-electron chi connectivity index (χ0n) is 14.3. The van der Waals surface area contributed by atoms with E-state index in [0.29, 0.717) is 28.6 Å². The Balaban J connectivity index is 1.46. The number of para-hydroxylation sites is 1. The third-order valence-electron chi connectivity index (χ3n) is 4.22. The van der Waals surface area contributed by atoms with Crippen molar-refractivity contribution in [2.75, 3.05) is 19.3 Å². The van der Waals surface area contributed by atoms with Crippen LogP contribution in [0, 0.1) is 0 Å². The van der Waals surface area contributed by atoms with E-state index >= 15 is 0 Å². The van der Waals surface area contributed by atoms with E-state index in [9.17, 15) is 0 Å². The highest BCUT2D eigenvalue weighted by molar-refractivity contribution is 6.05. The van der Waals surface area contributed by atoms with Gasteiger partial charge in [0.2, 0.25) is 12.5 Å². The maximum Gasteiger partial charge on any atom is 0.231 e. The number of nitrogens with one attached hydrogen (secondary N) is 1. The fraction of sp³-hybridized carbons (Fsp3) is 0.105. The maximum absolute atomic E-state index is 5.87. The average molecular weight is 362 g/mol. The molecule has 0 amide bonds. The number of furan rings is 1. The van der Waals surface area contributed by atoms with Crippen LogP contribution in [0.25, 0.3) is 22.1 Å². The number of hydrogen-bond donors (Lipinski definition) is 1. The number of hydrogen-bond acceptors (Lipinski definition) is 8. The van der Waals surface area contributed by atoms with Crippen LogP contribution in [0.15, 0.2) is 52.2 Å². The van der Waals surface area contributed by atoms with Gasteiger partial charge in [-0.05, 0) is 24.3 Å². The van der Waals surface area contributed by atoms with Crippen molar-refractivity contribution in [3.8, 4) is 17.2 Å². The van der Waals surface area contributed by atoms with Crippen LogP contribution in [0.3, 0.4) is 0 Å². The number of aromatic nitrogens is 2. The molecular formula is C19H14N4O4. The van der Waals surface area contributed by atoms with Gasteiger partial charge in [-0.1, -0.05) is 12.1 Å². The summed E-state index contributed by atoms with van der Waals surface area (Å²) >= 11 is 0. The summed E-state index contributed by atoms with van der Waals surface area (Å²) in [6.07, 6.45) is 3.12. The molecule has 134 valence electrons. The molecule has 0 saturated heterocycles. The van der Waals surface area contributed by atoms with Gasteiger partial charge in [-0.3, -0.25) is 5.43 Å².